The molecule has 3 N–H and O–H groups in total. The Balaban J connectivity index is 1.72. The third-order valence-electron chi connectivity index (χ3n) is 3.76. The molecule has 0 saturated heterocycles. The number of benzene rings is 3. The maximum atomic E-state index is 12.4. The number of sulfonamides is 1. The van der Waals surface area contributed by atoms with Gasteiger partial charge in [0.1, 0.15) is 5.84 Å². The average Bonchev–Trinajstić information content (AvgIpc) is 2.67. The van der Waals surface area contributed by atoms with E-state index in [9.17, 15) is 13.2 Å². The summed E-state index contributed by atoms with van der Waals surface area (Å²) < 4.78 is 27.0. The molecule has 0 aliphatic heterocycles. The molecule has 0 unspecified atom stereocenters. The summed E-state index contributed by atoms with van der Waals surface area (Å²) >= 11 is 0. The Morgan fingerprint density at radius 1 is 0.923 bits per heavy atom. The number of rotatable bonds is 5. The number of nitrogens with zero attached hydrogens (tertiary/aromatic N) is 1. The van der Waals surface area contributed by atoms with Gasteiger partial charge in [-0.3, -0.25) is 4.79 Å². The highest BCUT2D eigenvalue weighted by Crippen LogP contribution is 2.18. The first-order valence-corrected chi connectivity index (χ1v) is 9.35. The van der Waals surface area contributed by atoms with Crippen LogP contribution in [-0.4, -0.2) is 26.7 Å². The minimum Gasteiger partial charge on any atom is -0.383 e. The van der Waals surface area contributed by atoms with E-state index in [1.165, 1.54) is 6.07 Å². The Kier molecular flexibility index (Phi) is 5.11. The minimum atomic E-state index is -3.83. The van der Waals surface area contributed by atoms with E-state index in [0.717, 1.165) is 10.8 Å². The molecule has 6 nitrogen and oxygen atoms in total. The summed E-state index contributed by atoms with van der Waals surface area (Å²) in [5.74, 6) is -0.628. The van der Waals surface area contributed by atoms with Gasteiger partial charge >= 0.3 is 0 Å². The zero-order valence-corrected chi connectivity index (χ0v) is 14.6. The molecule has 3 rings (SSSR count). The van der Waals surface area contributed by atoms with Crippen LogP contribution in [0.2, 0.25) is 0 Å². The number of fused-ring (bicyclic) bond motifs is 1. The lowest BCUT2D eigenvalue weighted by Gasteiger charge is -2.07. The number of nitrogens with one attached hydrogen (secondary N) is 1. The molecule has 0 radical (unpaired) electrons. The second-order valence-electron chi connectivity index (χ2n) is 5.59. The number of hydrogen-bond acceptors (Lipinski definition) is 3. The third kappa shape index (κ3) is 4.14. The molecule has 26 heavy (non-hydrogen) atoms. The summed E-state index contributed by atoms with van der Waals surface area (Å²) in [6, 6.07) is 21.0. The highest BCUT2D eigenvalue weighted by atomic mass is 32.2. The van der Waals surface area contributed by atoms with Gasteiger partial charge in [-0.1, -0.05) is 60.7 Å². The minimum absolute atomic E-state index is 0.0421. The van der Waals surface area contributed by atoms with Gasteiger partial charge in [-0.2, -0.15) is 4.99 Å². The summed E-state index contributed by atoms with van der Waals surface area (Å²) in [6.45, 7) is -0.470. The van der Waals surface area contributed by atoms with E-state index < -0.39 is 22.5 Å². The predicted octanol–water partition coefficient (Wildman–Crippen LogP) is 2.05. The quantitative estimate of drug-likeness (QED) is 0.532. The van der Waals surface area contributed by atoms with Crippen LogP contribution >= 0.6 is 0 Å². The largest absolute Gasteiger partial charge is 0.383 e. The van der Waals surface area contributed by atoms with Crippen LogP contribution in [0.3, 0.4) is 0 Å². The first-order chi connectivity index (χ1) is 12.5. The van der Waals surface area contributed by atoms with Gasteiger partial charge < -0.3 is 5.73 Å². The average molecular weight is 367 g/mol. The molecule has 0 fully saturated rings. The van der Waals surface area contributed by atoms with Crippen LogP contribution in [0.1, 0.15) is 5.56 Å². The van der Waals surface area contributed by atoms with Gasteiger partial charge in [0.15, 0.2) is 0 Å². The van der Waals surface area contributed by atoms with Gasteiger partial charge in [-0.25, -0.2) is 13.1 Å². The second-order valence-corrected chi connectivity index (χ2v) is 7.36. The van der Waals surface area contributed by atoms with E-state index in [-0.39, 0.29) is 10.7 Å². The van der Waals surface area contributed by atoms with Crippen molar-refractivity contribution in [1.29, 1.82) is 0 Å². The smallest absolute Gasteiger partial charge is 0.262 e. The maximum Gasteiger partial charge on any atom is 0.262 e. The van der Waals surface area contributed by atoms with Crippen molar-refractivity contribution in [2.45, 2.75) is 4.90 Å². The Bertz CT molecular complexity index is 1080. The van der Waals surface area contributed by atoms with E-state index in [1.54, 1.807) is 36.4 Å². The van der Waals surface area contributed by atoms with Gasteiger partial charge in [0.05, 0.1) is 11.4 Å². The number of amidine groups is 1. The van der Waals surface area contributed by atoms with E-state index in [0.29, 0.717) is 5.56 Å². The first-order valence-electron chi connectivity index (χ1n) is 7.86. The molecular weight excluding hydrogens is 350 g/mol. The van der Waals surface area contributed by atoms with Crippen LogP contribution in [0.15, 0.2) is 82.7 Å². The van der Waals surface area contributed by atoms with Gasteiger partial charge in [0.2, 0.25) is 10.0 Å². The molecule has 0 bridgehead atoms. The first kappa shape index (κ1) is 17.8. The van der Waals surface area contributed by atoms with Crippen molar-refractivity contribution >= 4 is 32.5 Å². The van der Waals surface area contributed by atoms with Crippen LogP contribution < -0.4 is 10.5 Å². The highest BCUT2D eigenvalue weighted by Gasteiger charge is 2.16. The fourth-order valence-corrected chi connectivity index (χ4v) is 3.43. The molecule has 0 spiro atoms. The summed E-state index contributed by atoms with van der Waals surface area (Å²) in [5, 5.41) is 1.73. The standard InChI is InChI=1S/C19H17N3O3S/c20-19(15-7-2-1-3-8-15)22-18(23)13-21-26(24,25)17-11-10-14-6-4-5-9-16(14)12-17/h1-12,21H,13H2,(H2,20,22,23). The molecule has 3 aromatic rings. The molecule has 3 aromatic carbocycles. The molecule has 1 amide bonds. The lowest BCUT2D eigenvalue weighted by atomic mass is 10.1. The van der Waals surface area contributed by atoms with Crippen molar-refractivity contribution in [2.75, 3.05) is 6.54 Å². The third-order valence-corrected chi connectivity index (χ3v) is 5.16. The van der Waals surface area contributed by atoms with Crippen molar-refractivity contribution in [1.82, 2.24) is 4.72 Å². The summed E-state index contributed by atoms with van der Waals surface area (Å²) in [4.78, 5) is 15.7. The van der Waals surface area contributed by atoms with Crippen molar-refractivity contribution in [3.05, 3.63) is 78.4 Å². The monoisotopic (exact) mass is 367 g/mol. The maximum absolute atomic E-state index is 12.4. The van der Waals surface area contributed by atoms with E-state index in [2.05, 4.69) is 9.71 Å². The molecule has 0 aromatic heterocycles. The lowest BCUT2D eigenvalue weighted by molar-refractivity contribution is -0.116. The zero-order valence-electron chi connectivity index (χ0n) is 13.8. The van der Waals surface area contributed by atoms with E-state index in [1.807, 2.05) is 30.3 Å². The van der Waals surface area contributed by atoms with Gasteiger partial charge in [0, 0.05) is 5.56 Å². The van der Waals surface area contributed by atoms with E-state index >= 15 is 0 Å². The molecule has 0 aliphatic carbocycles. The Hall–Kier alpha value is -3.03. The Morgan fingerprint density at radius 3 is 2.31 bits per heavy atom. The molecule has 7 heteroatoms. The number of aliphatic imine (C=N–C) groups is 1. The normalized spacial score (nSPS) is 12.2. The fourth-order valence-electron chi connectivity index (χ4n) is 2.42. The van der Waals surface area contributed by atoms with Gasteiger partial charge in [0.25, 0.3) is 5.91 Å². The number of carbonyl (C=O) groups excluding carboxylic acids is 1. The Labute approximate surface area is 151 Å². The molecule has 0 heterocycles. The van der Waals surface area contributed by atoms with Crippen LogP contribution in [0.25, 0.3) is 10.8 Å². The number of hydrogen-bond donors (Lipinski definition) is 2. The van der Waals surface area contributed by atoms with Crippen LogP contribution in [0.5, 0.6) is 0 Å². The summed E-state index contributed by atoms with van der Waals surface area (Å²) in [6.07, 6.45) is 0. The van der Waals surface area contributed by atoms with Gasteiger partial charge in [-0.05, 0) is 22.9 Å². The van der Waals surface area contributed by atoms with Crippen LogP contribution in [0, 0.1) is 0 Å². The number of nitrogens with two attached hydrogens (primary N) is 1. The molecule has 0 aliphatic rings. The van der Waals surface area contributed by atoms with Crippen molar-refractivity contribution in [2.24, 2.45) is 10.7 Å². The summed E-state index contributed by atoms with van der Waals surface area (Å²) in [7, 11) is -3.83. The zero-order chi connectivity index (χ0) is 18.6. The highest BCUT2D eigenvalue weighted by molar-refractivity contribution is 7.89. The molecule has 132 valence electrons. The SMILES string of the molecule is NC(=NC(=O)CNS(=O)(=O)c1ccc2ccccc2c1)c1ccccc1. The molecule has 0 atom stereocenters. The Morgan fingerprint density at radius 2 is 1.58 bits per heavy atom. The number of amides is 1. The fraction of sp³-hybridized carbons (Fsp3) is 0.0526. The molecule has 0 saturated carbocycles. The van der Waals surface area contributed by atoms with Crippen molar-refractivity contribution in [3.8, 4) is 0 Å². The van der Waals surface area contributed by atoms with Crippen molar-refractivity contribution in [3.63, 3.8) is 0 Å². The second kappa shape index (κ2) is 7.47. The summed E-state index contributed by atoms with van der Waals surface area (Å²) in [5.41, 5.74) is 6.36. The topological polar surface area (TPSA) is 102 Å². The van der Waals surface area contributed by atoms with Crippen LogP contribution in [0.4, 0.5) is 0 Å². The van der Waals surface area contributed by atoms with E-state index in [4.69, 9.17) is 5.73 Å². The predicted molar refractivity (Wildman–Crippen MR) is 101 cm³/mol. The number of carbonyl (C=O) groups is 1. The molecular formula is C19H17N3O3S. The van der Waals surface area contributed by atoms with Crippen LogP contribution in [-0.2, 0) is 14.8 Å². The van der Waals surface area contributed by atoms with Crippen molar-refractivity contribution < 1.29 is 13.2 Å². The lowest BCUT2D eigenvalue weighted by Crippen LogP contribution is -2.30. The van der Waals surface area contributed by atoms with Gasteiger partial charge in [-0.15, -0.1) is 0 Å².